The van der Waals surface area contributed by atoms with Gasteiger partial charge in [-0.1, -0.05) is 12.1 Å². The summed E-state index contributed by atoms with van der Waals surface area (Å²) in [5.41, 5.74) is 0.984. The van der Waals surface area contributed by atoms with Crippen LogP contribution in [0.1, 0.15) is 0 Å². The molecule has 0 radical (unpaired) electrons. The van der Waals surface area contributed by atoms with Crippen molar-refractivity contribution in [2.45, 2.75) is 6.04 Å². The van der Waals surface area contributed by atoms with Gasteiger partial charge >= 0.3 is 0 Å². The molecule has 6 heteroatoms. The van der Waals surface area contributed by atoms with Crippen molar-refractivity contribution >= 4 is 33.3 Å². The topological polar surface area (TPSA) is 61.9 Å². The lowest BCUT2D eigenvalue weighted by Gasteiger charge is -2.28. The Bertz CT molecular complexity index is 570. The van der Waals surface area contributed by atoms with Crippen molar-refractivity contribution in [3.05, 3.63) is 41.1 Å². The predicted molar refractivity (Wildman–Crippen MR) is 79.7 cm³/mol. The Labute approximate surface area is 120 Å². The van der Waals surface area contributed by atoms with Crippen molar-refractivity contribution in [2.24, 2.45) is 0 Å². The molecule has 5 nitrogen and oxygen atoms in total. The molecule has 2 aromatic rings. The maximum atomic E-state index is 4.23. The van der Waals surface area contributed by atoms with E-state index >= 15 is 0 Å². The summed E-state index contributed by atoms with van der Waals surface area (Å²) in [5.74, 6) is 1.62. The summed E-state index contributed by atoms with van der Waals surface area (Å²) >= 11 is 3.50. The minimum atomic E-state index is 0.464. The fourth-order valence-electron chi connectivity index (χ4n) is 1.81. The molecule has 0 amide bonds. The van der Waals surface area contributed by atoms with E-state index in [1.807, 2.05) is 30.3 Å². The minimum Gasteiger partial charge on any atom is -0.365 e. The van der Waals surface area contributed by atoms with Crippen molar-refractivity contribution in [2.75, 3.05) is 23.7 Å². The van der Waals surface area contributed by atoms with Gasteiger partial charge in [0, 0.05) is 23.6 Å². The van der Waals surface area contributed by atoms with Gasteiger partial charge in [-0.2, -0.15) is 0 Å². The Morgan fingerprint density at radius 3 is 2.68 bits per heavy atom. The second-order valence-electron chi connectivity index (χ2n) is 4.39. The van der Waals surface area contributed by atoms with Crippen LogP contribution in [0.15, 0.2) is 41.1 Å². The Kier molecular flexibility index (Phi) is 3.61. The quantitative estimate of drug-likeness (QED) is 0.807. The largest absolute Gasteiger partial charge is 0.365 e. The van der Waals surface area contributed by atoms with Crippen molar-refractivity contribution in [3.8, 4) is 0 Å². The first-order valence-electron chi connectivity index (χ1n) is 6.12. The minimum absolute atomic E-state index is 0.464. The Morgan fingerprint density at radius 2 is 1.95 bits per heavy atom. The molecule has 2 heterocycles. The van der Waals surface area contributed by atoms with Gasteiger partial charge in [0.1, 0.15) is 18.0 Å². The van der Waals surface area contributed by atoms with E-state index in [2.05, 4.69) is 41.8 Å². The van der Waals surface area contributed by atoms with Crippen LogP contribution in [0.3, 0.4) is 0 Å². The molecule has 0 bridgehead atoms. The van der Waals surface area contributed by atoms with E-state index in [0.717, 1.165) is 34.9 Å². The zero-order valence-electron chi connectivity index (χ0n) is 10.2. The summed E-state index contributed by atoms with van der Waals surface area (Å²) in [6.45, 7) is 1.97. The monoisotopic (exact) mass is 319 g/mol. The molecule has 1 aliphatic rings. The number of halogens is 1. The molecule has 1 saturated heterocycles. The van der Waals surface area contributed by atoms with Crippen LogP contribution in [-0.4, -0.2) is 29.1 Å². The molecule has 98 valence electrons. The van der Waals surface area contributed by atoms with Gasteiger partial charge in [-0.3, -0.25) is 0 Å². The highest BCUT2D eigenvalue weighted by molar-refractivity contribution is 9.10. The standard InChI is InChI=1S/C13H14BrN5/c14-10-3-1-2-4-11(10)19-13-5-12(16-8-17-13)18-9-6-15-7-9/h1-5,8-9,15H,6-7H2,(H2,16,17,18,19). The zero-order valence-corrected chi connectivity index (χ0v) is 11.8. The molecule has 1 aromatic carbocycles. The number of hydrogen-bond acceptors (Lipinski definition) is 5. The molecule has 3 rings (SSSR count). The first-order chi connectivity index (χ1) is 9.31. The zero-order chi connectivity index (χ0) is 13.1. The highest BCUT2D eigenvalue weighted by Gasteiger charge is 2.16. The Morgan fingerprint density at radius 1 is 1.16 bits per heavy atom. The van der Waals surface area contributed by atoms with Crippen LogP contribution >= 0.6 is 15.9 Å². The van der Waals surface area contributed by atoms with Crippen LogP contribution in [0.5, 0.6) is 0 Å². The van der Waals surface area contributed by atoms with Crippen LogP contribution in [0.2, 0.25) is 0 Å². The molecular formula is C13H14BrN5. The van der Waals surface area contributed by atoms with Crippen LogP contribution in [-0.2, 0) is 0 Å². The third-order valence-electron chi connectivity index (χ3n) is 2.94. The summed E-state index contributed by atoms with van der Waals surface area (Å²) < 4.78 is 1.01. The van der Waals surface area contributed by atoms with Crippen LogP contribution in [0, 0.1) is 0 Å². The highest BCUT2D eigenvalue weighted by Crippen LogP contribution is 2.24. The number of nitrogens with one attached hydrogen (secondary N) is 3. The number of rotatable bonds is 4. The van der Waals surface area contributed by atoms with E-state index in [1.54, 1.807) is 6.33 Å². The number of para-hydroxylation sites is 1. The van der Waals surface area contributed by atoms with E-state index in [1.165, 1.54) is 0 Å². The van der Waals surface area contributed by atoms with Gasteiger partial charge in [-0.05, 0) is 28.1 Å². The lowest BCUT2D eigenvalue weighted by molar-refractivity contribution is 0.471. The Hall–Kier alpha value is -1.66. The number of benzene rings is 1. The van der Waals surface area contributed by atoms with Gasteiger partial charge in [0.2, 0.25) is 0 Å². The predicted octanol–water partition coefficient (Wildman–Crippen LogP) is 2.37. The molecule has 19 heavy (non-hydrogen) atoms. The number of aromatic nitrogens is 2. The van der Waals surface area contributed by atoms with E-state index in [0.29, 0.717) is 6.04 Å². The molecule has 1 fully saturated rings. The highest BCUT2D eigenvalue weighted by atomic mass is 79.9. The van der Waals surface area contributed by atoms with Gasteiger partial charge in [-0.15, -0.1) is 0 Å². The lowest BCUT2D eigenvalue weighted by atomic mass is 10.2. The van der Waals surface area contributed by atoms with Crippen LogP contribution < -0.4 is 16.0 Å². The third kappa shape index (κ3) is 3.02. The second-order valence-corrected chi connectivity index (χ2v) is 5.25. The average Bonchev–Trinajstić information content (AvgIpc) is 2.37. The maximum Gasteiger partial charge on any atom is 0.135 e. The maximum absolute atomic E-state index is 4.23. The molecular weight excluding hydrogens is 306 g/mol. The van der Waals surface area contributed by atoms with Gasteiger partial charge in [0.25, 0.3) is 0 Å². The van der Waals surface area contributed by atoms with E-state index in [4.69, 9.17) is 0 Å². The summed E-state index contributed by atoms with van der Waals surface area (Å²) in [7, 11) is 0. The molecule has 3 N–H and O–H groups in total. The normalized spacial score (nSPS) is 14.8. The van der Waals surface area contributed by atoms with E-state index < -0.39 is 0 Å². The van der Waals surface area contributed by atoms with E-state index in [9.17, 15) is 0 Å². The van der Waals surface area contributed by atoms with E-state index in [-0.39, 0.29) is 0 Å². The summed E-state index contributed by atoms with van der Waals surface area (Å²) in [5, 5.41) is 9.84. The first kappa shape index (κ1) is 12.4. The van der Waals surface area contributed by atoms with Crippen molar-refractivity contribution in [1.82, 2.24) is 15.3 Å². The fourth-order valence-corrected chi connectivity index (χ4v) is 2.19. The molecule has 1 aromatic heterocycles. The van der Waals surface area contributed by atoms with Gasteiger partial charge in [0.05, 0.1) is 11.7 Å². The fraction of sp³-hybridized carbons (Fsp3) is 0.231. The molecule has 0 saturated carbocycles. The van der Waals surface area contributed by atoms with Crippen LogP contribution in [0.4, 0.5) is 17.3 Å². The smallest absolute Gasteiger partial charge is 0.135 e. The summed E-state index contributed by atoms with van der Waals surface area (Å²) in [6.07, 6.45) is 1.56. The van der Waals surface area contributed by atoms with Gasteiger partial charge in [0.15, 0.2) is 0 Å². The molecule has 0 spiro atoms. The lowest BCUT2D eigenvalue weighted by Crippen LogP contribution is -2.51. The third-order valence-corrected chi connectivity index (χ3v) is 3.63. The molecule has 0 unspecified atom stereocenters. The van der Waals surface area contributed by atoms with Crippen molar-refractivity contribution < 1.29 is 0 Å². The molecule has 1 aliphatic heterocycles. The first-order valence-corrected chi connectivity index (χ1v) is 6.91. The second kappa shape index (κ2) is 5.54. The van der Waals surface area contributed by atoms with Crippen LogP contribution in [0.25, 0.3) is 0 Å². The molecule has 0 aliphatic carbocycles. The number of hydrogen-bond donors (Lipinski definition) is 3. The molecule has 0 atom stereocenters. The summed E-state index contributed by atoms with van der Waals surface area (Å²) in [4.78, 5) is 8.45. The van der Waals surface area contributed by atoms with Crippen molar-refractivity contribution in [1.29, 1.82) is 0 Å². The number of anilines is 3. The van der Waals surface area contributed by atoms with Gasteiger partial charge < -0.3 is 16.0 Å². The SMILES string of the molecule is Brc1ccccc1Nc1cc(NC2CNC2)ncn1. The average molecular weight is 320 g/mol. The number of nitrogens with zero attached hydrogens (tertiary/aromatic N) is 2. The van der Waals surface area contributed by atoms with Gasteiger partial charge in [-0.25, -0.2) is 9.97 Å². The Balaban J connectivity index is 1.73. The van der Waals surface area contributed by atoms with Crippen molar-refractivity contribution in [3.63, 3.8) is 0 Å². The summed E-state index contributed by atoms with van der Waals surface area (Å²) in [6, 6.07) is 10.3.